The molecule has 0 saturated heterocycles. The molecule has 2 heteroatoms. The topological polar surface area (TPSA) is 6.48 Å². The van der Waals surface area contributed by atoms with Crippen LogP contribution in [-0.4, -0.2) is 36.0 Å². The van der Waals surface area contributed by atoms with Crippen LogP contribution < -0.4 is 0 Å². The fraction of sp³-hybridized carbons (Fsp3) is 0.677. The third kappa shape index (κ3) is 11.8. The molecule has 0 aromatic rings. The van der Waals surface area contributed by atoms with Crippen molar-refractivity contribution in [3.63, 3.8) is 0 Å². The number of hydrogen-bond acceptors (Lipinski definition) is 2. The smallest absolute Gasteiger partial charge is 0.0386 e. The lowest BCUT2D eigenvalue weighted by molar-refractivity contribution is 0.378. The summed E-state index contributed by atoms with van der Waals surface area (Å²) in [5, 5.41) is 0. The minimum atomic E-state index is 1.09. The van der Waals surface area contributed by atoms with Crippen LogP contribution in [0.5, 0.6) is 0 Å². The molecule has 0 radical (unpaired) electrons. The van der Waals surface area contributed by atoms with Crippen LogP contribution in [0.3, 0.4) is 0 Å². The summed E-state index contributed by atoms with van der Waals surface area (Å²) >= 11 is 0. The molecule has 0 saturated carbocycles. The molecule has 0 aliphatic carbocycles. The fourth-order valence-corrected chi connectivity index (χ4v) is 5.28. The van der Waals surface area contributed by atoms with E-state index in [0.717, 1.165) is 13.1 Å². The molecule has 33 heavy (non-hydrogen) atoms. The lowest BCUT2D eigenvalue weighted by Gasteiger charge is -2.25. The molecule has 0 atom stereocenters. The van der Waals surface area contributed by atoms with Crippen LogP contribution in [0.15, 0.2) is 60.0 Å². The standard InChI is InChI=1S/C31H50N2/c1-2-6-10-14-20-30-22-18-27-33(28-30)25-17-13-9-5-3-7-11-15-21-31-23-19-26-32(29-31)24-16-12-8-4-1/h8,12,18-19,22-23,27,29H,1-7,9-11,13-17,20-21,24-26,28H2. The van der Waals surface area contributed by atoms with E-state index in [1.165, 1.54) is 128 Å². The first-order valence-electron chi connectivity index (χ1n) is 14.3. The van der Waals surface area contributed by atoms with E-state index in [0.29, 0.717) is 0 Å². The van der Waals surface area contributed by atoms with Crippen molar-refractivity contribution in [1.29, 1.82) is 0 Å². The predicted octanol–water partition coefficient (Wildman–Crippen LogP) is 8.70. The summed E-state index contributed by atoms with van der Waals surface area (Å²) in [6.07, 6.45) is 42.0. The van der Waals surface area contributed by atoms with Gasteiger partial charge in [0.05, 0.1) is 0 Å². The molecule has 0 spiro atoms. The normalized spacial score (nSPS) is 23.5. The van der Waals surface area contributed by atoms with Crippen LogP contribution in [-0.2, 0) is 0 Å². The average Bonchev–Trinajstić information content (AvgIpc) is 2.84. The molecule has 3 aliphatic rings. The lowest BCUT2D eigenvalue weighted by Crippen LogP contribution is -2.23. The fourth-order valence-electron chi connectivity index (χ4n) is 5.28. The minimum absolute atomic E-state index is 1.09. The van der Waals surface area contributed by atoms with Gasteiger partial charge in [-0.15, -0.1) is 0 Å². The van der Waals surface area contributed by atoms with E-state index < -0.39 is 0 Å². The molecule has 3 heterocycles. The van der Waals surface area contributed by atoms with Gasteiger partial charge in [0.2, 0.25) is 0 Å². The first-order valence-corrected chi connectivity index (χ1v) is 14.3. The summed E-state index contributed by atoms with van der Waals surface area (Å²) in [6, 6.07) is 0. The number of allylic oxidation sites excluding steroid dienone is 5. The number of hydrogen-bond donors (Lipinski definition) is 0. The monoisotopic (exact) mass is 450 g/mol. The Balaban J connectivity index is 1.38. The van der Waals surface area contributed by atoms with Crippen LogP contribution in [0.2, 0.25) is 0 Å². The Hall–Kier alpha value is -1.70. The van der Waals surface area contributed by atoms with Gasteiger partial charge in [-0.3, -0.25) is 0 Å². The van der Waals surface area contributed by atoms with Crippen LogP contribution >= 0.6 is 0 Å². The zero-order chi connectivity index (χ0) is 22.8. The van der Waals surface area contributed by atoms with Crippen molar-refractivity contribution in [1.82, 2.24) is 9.80 Å². The highest BCUT2D eigenvalue weighted by molar-refractivity contribution is 5.22. The highest BCUT2D eigenvalue weighted by Gasteiger charge is 2.08. The molecule has 184 valence electrons. The summed E-state index contributed by atoms with van der Waals surface area (Å²) in [5.41, 5.74) is 3.18. The predicted molar refractivity (Wildman–Crippen MR) is 145 cm³/mol. The van der Waals surface area contributed by atoms with Crippen molar-refractivity contribution in [3.8, 4) is 0 Å². The second-order valence-electron chi connectivity index (χ2n) is 10.4. The van der Waals surface area contributed by atoms with E-state index in [2.05, 4.69) is 58.7 Å². The van der Waals surface area contributed by atoms with Crippen LogP contribution in [0.25, 0.3) is 0 Å². The molecule has 0 N–H and O–H groups in total. The summed E-state index contributed by atoms with van der Waals surface area (Å²) in [7, 11) is 0. The Labute approximate surface area is 205 Å². The molecule has 0 amide bonds. The minimum Gasteiger partial charge on any atom is -0.373 e. The van der Waals surface area contributed by atoms with E-state index in [4.69, 9.17) is 0 Å². The highest BCUT2D eigenvalue weighted by atomic mass is 15.1. The molecule has 0 unspecified atom stereocenters. The van der Waals surface area contributed by atoms with Crippen molar-refractivity contribution in [2.75, 3.05) is 26.2 Å². The first kappa shape index (κ1) is 25.9. The largest absolute Gasteiger partial charge is 0.373 e. The Bertz CT molecular complexity index is 666. The maximum atomic E-state index is 2.55. The van der Waals surface area contributed by atoms with Gasteiger partial charge in [0.1, 0.15) is 0 Å². The van der Waals surface area contributed by atoms with E-state index in [9.17, 15) is 0 Å². The van der Waals surface area contributed by atoms with Gasteiger partial charge in [-0.1, -0.05) is 93.7 Å². The number of nitrogens with zero attached hydrogens (tertiary/aromatic N) is 2. The van der Waals surface area contributed by atoms with E-state index in [1.54, 1.807) is 5.57 Å². The maximum Gasteiger partial charge on any atom is 0.0386 e. The van der Waals surface area contributed by atoms with Gasteiger partial charge in [-0.05, 0) is 69.2 Å². The quantitative estimate of drug-likeness (QED) is 0.340. The molecular weight excluding hydrogens is 400 g/mol. The Morgan fingerprint density at radius 3 is 2.12 bits per heavy atom. The molecule has 2 nitrogen and oxygen atoms in total. The molecule has 3 rings (SSSR count). The van der Waals surface area contributed by atoms with Gasteiger partial charge in [0, 0.05) is 32.4 Å². The lowest BCUT2D eigenvalue weighted by atomic mass is 10.0. The van der Waals surface area contributed by atoms with Crippen molar-refractivity contribution in [2.45, 2.75) is 109 Å². The van der Waals surface area contributed by atoms with Gasteiger partial charge >= 0.3 is 0 Å². The molecule has 4 bridgehead atoms. The Morgan fingerprint density at radius 1 is 0.576 bits per heavy atom. The molecule has 3 aliphatic heterocycles. The molecule has 0 aromatic heterocycles. The zero-order valence-corrected chi connectivity index (χ0v) is 21.4. The van der Waals surface area contributed by atoms with E-state index >= 15 is 0 Å². The van der Waals surface area contributed by atoms with Crippen molar-refractivity contribution in [2.24, 2.45) is 0 Å². The summed E-state index contributed by atoms with van der Waals surface area (Å²) < 4.78 is 0. The first-order chi connectivity index (χ1) is 16.4. The molecule has 0 fully saturated rings. The van der Waals surface area contributed by atoms with Gasteiger partial charge in [0.25, 0.3) is 0 Å². The second kappa shape index (κ2) is 16.8. The second-order valence-corrected chi connectivity index (χ2v) is 10.4. The summed E-state index contributed by atoms with van der Waals surface area (Å²) in [4.78, 5) is 5.05. The van der Waals surface area contributed by atoms with Crippen LogP contribution in [0.4, 0.5) is 0 Å². The van der Waals surface area contributed by atoms with E-state index in [1.807, 2.05) is 0 Å². The Morgan fingerprint density at radius 2 is 1.27 bits per heavy atom. The Kier molecular flexibility index (Phi) is 13.2. The maximum absolute atomic E-state index is 2.55. The third-order valence-electron chi connectivity index (χ3n) is 7.33. The van der Waals surface area contributed by atoms with E-state index in [-0.39, 0.29) is 0 Å². The third-order valence-corrected chi connectivity index (χ3v) is 7.33. The van der Waals surface area contributed by atoms with Crippen molar-refractivity contribution < 1.29 is 0 Å². The van der Waals surface area contributed by atoms with Gasteiger partial charge < -0.3 is 9.80 Å². The summed E-state index contributed by atoms with van der Waals surface area (Å²) in [6.45, 7) is 4.65. The van der Waals surface area contributed by atoms with Crippen LogP contribution in [0.1, 0.15) is 109 Å². The molecular formula is C31H50N2. The van der Waals surface area contributed by atoms with Crippen molar-refractivity contribution >= 4 is 0 Å². The van der Waals surface area contributed by atoms with Crippen LogP contribution in [0, 0.1) is 0 Å². The van der Waals surface area contributed by atoms with Gasteiger partial charge in [-0.2, -0.15) is 0 Å². The number of fused-ring (bicyclic) bond motifs is 3. The van der Waals surface area contributed by atoms with Gasteiger partial charge in [-0.25, -0.2) is 0 Å². The van der Waals surface area contributed by atoms with Gasteiger partial charge in [0.15, 0.2) is 0 Å². The SMILES string of the molecule is C1=CN2CCCCCCCCCCC3=CN(CC=C3)CCC=CCCCCCCCC(=C1)C2. The highest BCUT2D eigenvalue weighted by Crippen LogP contribution is 2.19. The molecule has 0 aromatic carbocycles. The zero-order valence-electron chi connectivity index (χ0n) is 21.4. The average molecular weight is 451 g/mol. The van der Waals surface area contributed by atoms with Crippen molar-refractivity contribution in [3.05, 3.63) is 60.0 Å². The summed E-state index contributed by atoms with van der Waals surface area (Å²) in [5.74, 6) is 0. The number of rotatable bonds is 0.